The summed E-state index contributed by atoms with van der Waals surface area (Å²) in [5.41, 5.74) is 2.82. The molecule has 0 unspecified atom stereocenters. The lowest BCUT2D eigenvalue weighted by Gasteiger charge is -2.21. The SMILES string of the molecule is CC(=O)N(c1nc(CSc2ccc(C(F)(F)F)cn2)cs1)c1cccc(C)c1C. The first-order valence-corrected chi connectivity index (χ1v) is 10.5. The minimum atomic E-state index is -4.40. The maximum atomic E-state index is 12.6. The van der Waals surface area contributed by atoms with Crippen molar-refractivity contribution in [2.75, 3.05) is 4.90 Å². The van der Waals surface area contributed by atoms with Crippen molar-refractivity contribution in [2.24, 2.45) is 0 Å². The zero-order valence-electron chi connectivity index (χ0n) is 15.9. The Kier molecular flexibility index (Phi) is 6.28. The molecular formula is C20H18F3N3OS2. The summed E-state index contributed by atoms with van der Waals surface area (Å²) in [5.74, 6) is 0.296. The summed E-state index contributed by atoms with van der Waals surface area (Å²) in [5, 5.41) is 2.88. The zero-order valence-corrected chi connectivity index (χ0v) is 17.6. The number of hydrogen-bond donors (Lipinski definition) is 0. The molecule has 3 aromatic rings. The molecule has 152 valence electrons. The Labute approximate surface area is 174 Å². The van der Waals surface area contributed by atoms with Gasteiger partial charge in [0.15, 0.2) is 5.13 Å². The van der Waals surface area contributed by atoms with Crippen molar-refractivity contribution in [3.63, 3.8) is 0 Å². The van der Waals surface area contributed by atoms with Crippen LogP contribution in [0.5, 0.6) is 0 Å². The molecule has 3 rings (SSSR count). The van der Waals surface area contributed by atoms with E-state index in [0.717, 1.165) is 34.8 Å². The zero-order chi connectivity index (χ0) is 21.2. The summed E-state index contributed by atoms with van der Waals surface area (Å²) >= 11 is 2.64. The third-order valence-electron chi connectivity index (χ3n) is 4.29. The van der Waals surface area contributed by atoms with E-state index in [-0.39, 0.29) is 5.91 Å². The highest BCUT2D eigenvalue weighted by atomic mass is 32.2. The van der Waals surface area contributed by atoms with Crippen LogP contribution in [0.4, 0.5) is 24.0 Å². The molecule has 0 saturated heterocycles. The van der Waals surface area contributed by atoms with Gasteiger partial charge in [-0.3, -0.25) is 9.69 Å². The Bertz CT molecular complexity index is 1020. The number of aromatic nitrogens is 2. The predicted octanol–water partition coefficient (Wildman–Crippen LogP) is 6.15. The van der Waals surface area contributed by atoms with Gasteiger partial charge in [0.1, 0.15) is 0 Å². The number of thioether (sulfide) groups is 1. The van der Waals surface area contributed by atoms with E-state index >= 15 is 0 Å². The number of hydrogen-bond acceptors (Lipinski definition) is 5. The summed E-state index contributed by atoms with van der Waals surface area (Å²) in [6.45, 7) is 5.43. The van der Waals surface area contributed by atoms with Gasteiger partial charge in [-0.2, -0.15) is 13.2 Å². The van der Waals surface area contributed by atoms with Gasteiger partial charge < -0.3 is 0 Å². The molecule has 0 N–H and O–H groups in total. The van der Waals surface area contributed by atoms with E-state index in [9.17, 15) is 18.0 Å². The van der Waals surface area contributed by atoms with Crippen LogP contribution in [0, 0.1) is 13.8 Å². The number of nitrogens with zero attached hydrogens (tertiary/aromatic N) is 3. The molecule has 0 atom stereocenters. The van der Waals surface area contributed by atoms with Crippen LogP contribution < -0.4 is 4.90 Å². The second kappa shape index (κ2) is 8.54. The Morgan fingerprint density at radius 2 is 1.97 bits per heavy atom. The Hall–Kier alpha value is -2.39. The fraction of sp³-hybridized carbons (Fsp3) is 0.250. The first-order chi connectivity index (χ1) is 13.7. The normalized spacial score (nSPS) is 11.5. The lowest BCUT2D eigenvalue weighted by molar-refractivity contribution is -0.137. The molecule has 0 aliphatic heterocycles. The Morgan fingerprint density at radius 3 is 2.59 bits per heavy atom. The van der Waals surface area contributed by atoms with Gasteiger partial charge in [0.05, 0.1) is 22.0 Å². The fourth-order valence-electron chi connectivity index (χ4n) is 2.63. The highest BCUT2D eigenvalue weighted by Crippen LogP contribution is 2.34. The summed E-state index contributed by atoms with van der Waals surface area (Å²) in [6, 6.07) is 8.12. The molecule has 0 aliphatic carbocycles. The summed E-state index contributed by atoms with van der Waals surface area (Å²) < 4.78 is 37.9. The molecular weight excluding hydrogens is 419 g/mol. The highest BCUT2D eigenvalue weighted by molar-refractivity contribution is 7.98. The number of anilines is 2. The van der Waals surface area contributed by atoms with Gasteiger partial charge in [-0.05, 0) is 43.2 Å². The molecule has 0 radical (unpaired) electrons. The molecule has 9 heteroatoms. The second-order valence-electron chi connectivity index (χ2n) is 6.37. The average Bonchev–Trinajstić information content (AvgIpc) is 3.11. The number of amides is 1. The quantitative estimate of drug-likeness (QED) is 0.449. The molecule has 0 saturated carbocycles. The third kappa shape index (κ3) is 4.97. The van der Waals surface area contributed by atoms with Crippen molar-refractivity contribution in [2.45, 2.75) is 37.7 Å². The van der Waals surface area contributed by atoms with Gasteiger partial charge in [-0.1, -0.05) is 12.1 Å². The number of carbonyl (C=O) groups excluding carboxylic acids is 1. The largest absolute Gasteiger partial charge is 0.417 e. The number of rotatable bonds is 5. The lowest BCUT2D eigenvalue weighted by atomic mass is 10.1. The van der Waals surface area contributed by atoms with E-state index in [1.807, 2.05) is 37.4 Å². The number of carbonyl (C=O) groups is 1. The van der Waals surface area contributed by atoms with Gasteiger partial charge in [-0.25, -0.2) is 9.97 Å². The minimum absolute atomic E-state index is 0.142. The van der Waals surface area contributed by atoms with E-state index in [4.69, 9.17) is 0 Å². The van der Waals surface area contributed by atoms with Crippen molar-refractivity contribution in [1.82, 2.24) is 9.97 Å². The maximum absolute atomic E-state index is 12.6. The van der Waals surface area contributed by atoms with Gasteiger partial charge in [-0.15, -0.1) is 23.1 Å². The van der Waals surface area contributed by atoms with Crippen LogP contribution in [-0.4, -0.2) is 15.9 Å². The average molecular weight is 438 g/mol. The Morgan fingerprint density at radius 1 is 1.21 bits per heavy atom. The monoisotopic (exact) mass is 437 g/mol. The van der Waals surface area contributed by atoms with Crippen LogP contribution in [0.1, 0.15) is 29.3 Å². The second-order valence-corrected chi connectivity index (χ2v) is 8.20. The molecule has 1 aromatic carbocycles. The lowest BCUT2D eigenvalue weighted by Crippen LogP contribution is -2.23. The van der Waals surface area contributed by atoms with Crippen LogP contribution in [0.15, 0.2) is 46.9 Å². The van der Waals surface area contributed by atoms with Crippen LogP contribution in [0.3, 0.4) is 0 Å². The molecule has 0 bridgehead atoms. The van der Waals surface area contributed by atoms with Crippen LogP contribution in [0.2, 0.25) is 0 Å². The van der Waals surface area contributed by atoms with Crippen molar-refractivity contribution < 1.29 is 18.0 Å². The van der Waals surface area contributed by atoms with Crippen molar-refractivity contribution >= 4 is 39.8 Å². The van der Waals surface area contributed by atoms with Gasteiger partial charge in [0, 0.05) is 24.3 Å². The van der Waals surface area contributed by atoms with Crippen LogP contribution in [0.25, 0.3) is 0 Å². The smallest absolute Gasteiger partial charge is 0.274 e. The van der Waals surface area contributed by atoms with E-state index in [2.05, 4.69) is 9.97 Å². The molecule has 29 heavy (non-hydrogen) atoms. The van der Waals surface area contributed by atoms with Gasteiger partial charge in [0.2, 0.25) is 5.91 Å². The molecule has 4 nitrogen and oxygen atoms in total. The number of aryl methyl sites for hydroxylation is 1. The topological polar surface area (TPSA) is 46.1 Å². The van der Waals surface area contributed by atoms with Gasteiger partial charge in [0.25, 0.3) is 0 Å². The predicted molar refractivity (Wildman–Crippen MR) is 110 cm³/mol. The number of thiazole rings is 1. The first kappa shape index (κ1) is 21.3. The molecule has 2 heterocycles. The van der Waals surface area contributed by atoms with Crippen molar-refractivity contribution in [1.29, 1.82) is 0 Å². The molecule has 0 aliphatic rings. The number of halogens is 3. The van der Waals surface area contributed by atoms with Crippen LogP contribution >= 0.6 is 23.1 Å². The van der Waals surface area contributed by atoms with E-state index in [1.165, 1.54) is 36.1 Å². The minimum Gasteiger partial charge on any atom is -0.274 e. The number of alkyl halides is 3. The molecule has 1 amide bonds. The molecule has 0 spiro atoms. The van der Waals surface area contributed by atoms with E-state index < -0.39 is 11.7 Å². The number of pyridine rings is 1. The van der Waals surface area contributed by atoms with Crippen molar-refractivity contribution in [3.8, 4) is 0 Å². The third-order valence-corrected chi connectivity index (χ3v) is 6.15. The maximum Gasteiger partial charge on any atom is 0.417 e. The standard InChI is InChI=1S/C20H18F3N3OS2/c1-12-5-4-6-17(13(12)2)26(14(3)27)19-25-16(11-29-19)10-28-18-8-7-15(9-24-18)20(21,22)23/h4-9,11H,10H2,1-3H3. The summed E-state index contributed by atoms with van der Waals surface area (Å²) in [7, 11) is 0. The fourth-order valence-corrected chi connectivity index (χ4v) is 4.35. The van der Waals surface area contributed by atoms with Crippen LogP contribution in [-0.2, 0) is 16.7 Å². The highest BCUT2D eigenvalue weighted by Gasteiger charge is 2.30. The first-order valence-electron chi connectivity index (χ1n) is 8.64. The Balaban J connectivity index is 1.75. The van der Waals surface area contributed by atoms with E-state index in [0.29, 0.717) is 15.9 Å². The number of benzene rings is 1. The molecule has 2 aromatic heterocycles. The summed E-state index contributed by atoms with van der Waals surface area (Å²) in [6.07, 6.45) is -3.57. The van der Waals surface area contributed by atoms with Gasteiger partial charge >= 0.3 is 6.18 Å². The molecule has 0 fully saturated rings. The van der Waals surface area contributed by atoms with Crippen molar-refractivity contribution in [3.05, 3.63) is 64.3 Å². The van der Waals surface area contributed by atoms with E-state index in [1.54, 1.807) is 4.90 Å². The summed E-state index contributed by atoms with van der Waals surface area (Å²) in [4.78, 5) is 22.3.